The second-order valence-corrected chi connectivity index (χ2v) is 6.24. The van der Waals surface area contributed by atoms with Gasteiger partial charge in [-0.3, -0.25) is 24.6 Å². The second kappa shape index (κ2) is 7.49. The number of nitrogens with one attached hydrogen (secondary N) is 1. The normalized spacial score (nSPS) is 17.8. The maximum absolute atomic E-state index is 11.1. The largest absolute Gasteiger partial charge is 0.351 e. The lowest BCUT2D eigenvalue weighted by molar-refractivity contribution is -0.119. The number of carbonyl (C=O) groups excluding carboxylic acids is 1. The zero-order valence-electron chi connectivity index (χ0n) is 14.2. The molecule has 2 aromatic rings. The number of nitrogens with zero attached hydrogens (tertiary/aromatic N) is 4. The topological polar surface area (TPSA) is 71.0 Å². The zero-order chi connectivity index (χ0) is 16.9. The van der Waals surface area contributed by atoms with Crippen LogP contribution in [0.4, 0.5) is 0 Å². The summed E-state index contributed by atoms with van der Waals surface area (Å²) in [6.45, 7) is 5.89. The summed E-state index contributed by atoms with van der Waals surface area (Å²) in [5.74, 6) is -0.0599. The highest BCUT2D eigenvalue weighted by Crippen LogP contribution is 2.31. The third-order valence-electron chi connectivity index (χ3n) is 4.40. The van der Waals surface area contributed by atoms with E-state index in [4.69, 9.17) is 4.98 Å². The van der Waals surface area contributed by atoms with Crippen molar-refractivity contribution in [1.29, 1.82) is 0 Å². The van der Waals surface area contributed by atoms with E-state index < -0.39 is 0 Å². The van der Waals surface area contributed by atoms with Crippen molar-refractivity contribution in [2.75, 3.05) is 6.54 Å². The van der Waals surface area contributed by atoms with Gasteiger partial charge < -0.3 is 5.32 Å². The summed E-state index contributed by atoms with van der Waals surface area (Å²) in [6, 6.07) is 4.33. The van der Waals surface area contributed by atoms with Crippen LogP contribution in [0.2, 0.25) is 0 Å². The molecule has 1 amide bonds. The van der Waals surface area contributed by atoms with Gasteiger partial charge in [0.25, 0.3) is 0 Å². The molecule has 3 rings (SSSR count). The first-order chi connectivity index (χ1) is 11.6. The average Bonchev–Trinajstić information content (AvgIpc) is 3.03. The summed E-state index contributed by atoms with van der Waals surface area (Å²) in [7, 11) is 0. The first-order valence-electron chi connectivity index (χ1n) is 8.33. The molecule has 0 aromatic carbocycles. The van der Waals surface area contributed by atoms with Gasteiger partial charge >= 0.3 is 0 Å². The van der Waals surface area contributed by atoms with Crippen molar-refractivity contribution in [2.24, 2.45) is 0 Å². The molecule has 1 atom stereocenters. The summed E-state index contributed by atoms with van der Waals surface area (Å²) >= 11 is 0. The third kappa shape index (κ3) is 3.94. The molecule has 1 fully saturated rings. The molecule has 6 heteroatoms. The molecule has 6 nitrogen and oxygen atoms in total. The third-order valence-corrected chi connectivity index (χ3v) is 4.40. The van der Waals surface area contributed by atoms with Gasteiger partial charge in [-0.1, -0.05) is 6.07 Å². The first-order valence-corrected chi connectivity index (χ1v) is 8.33. The zero-order valence-corrected chi connectivity index (χ0v) is 14.2. The van der Waals surface area contributed by atoms with Gasteiger partial charge in [0.1, 0.15) is 0 Å². The van der Waals surface area contributed by atoms with E-state index in [9.17, 15) is 4.79 Å². The van der Waals surface area contributed by atoms with Gasteiger partial charge in [-0.15, -0.1) is 0 Å². The molecule has 2 aromatic heterocycles. The number of hydrogen-bond acceptors (Lipinski definition) is 5. The molecule has 0 bridgehead atoms. The SMILES string of the molecule is CC(=O)NCc1cncc([C@H]2CCCN2Cc2ncccc2C)n1. The quantitative estimate of drug-likeness (QED) is 0.912. The van der Waals surface area contributed by atoms with Crippen LogP contribution >= 0.6 is 0 Å². The smallest absolute Gasteiger partial charge is 0.217 e. The summed E-state index contributed by atoms with van der Waals surface area (Å²) in [4.78, 5) is 27.0. The Morgan fingerprint density at radius 1 is 1.42 bits per heavy atom. The van der Waals surface area contributed by atoms with E-state index >= 15 is 0 Å². The van der Waals surface area contributed by atoms with E-state index in [-0.39, 0.29) is 11.9 Å². The van der Waals surface area contributed by atoms with Crippen molar-refractivity contribution in [2.45, 2.75) is 45.8 Å². The van der Waals surface area contributed by atoms with Gasteiger partial charge in [-0.25, -0.2) is 0 Å². The molecular weight excluding hydrogens is 302 g/mol. The Morgan fingerprint density at radius 3 is 3.08 bits per heavy atom. The van der Waals surface area contributed by atoms with E-state index in [1.54, 1.807) is 6.20 Å². The Kier molecular flexibility index (Phi) is 5.15. The van der Waals surface area contributed by atoms with Crippen LogP contribution in [0.3, 0.4) is 0 Å². The average molecular weight is 325 g/mol. The Morgan fingerprint density at radius 2 is 2.29 bits per heavy atom. The Balaban J connectivity index is 1.74. The number of likely N-dealkylation sites (tertiary alicyclic amines) is 1. The summed E-state index contributed by atoms with van der Waals surface area (Å²) in [6.07, 6.45) is 7.62. The fourth-order valence-electron chi connectivity index (χ4n) is 3.11. The Labute approximate surface area is 142 Å². The fraction of sp³-hybridized carbons (Fsp3) is 0.444. The molecule has 0 saturated carbocycles. The lowest BCUT2D eigenvalue weighted by atomic mass is 10.1. The number of rotatable bonds is 5. The van der Waals surface area contributed by atoms with Crippen LogP contribution in [0.15, 0.2) is 30.7 Å². The molecule has 1 saturated heterocycles. The summed E-state index contributed by atoms with van der Waals surface area (Å²) in [5.41, 5.74) is 4.10. The maximum Gasteiger partial charge on any atom is 0.217 e. The Hall–Kier alpha value is -2.34. The minimum atomic E-state index is -0.0599. The minimum absolute atomic E-state index is 0.0599. The minimum Gasteiger partial charge on any atom is -0.351 e. The summed E-state index contributed by atoms with van der Waals surface area (Å²) < 4.78 is 0. The molecular formula is C18H23N5O. The van der Waals surface area contributed by atoms with Gasteiger partial charge in [-0.2, -0.15) is 0 Å². The van der Waals surface area contributed by atoms with Gasteiger partial charge in [-0.05, 0) is 37.9 Å². The van der Waals surface area contributed by atoms with Crippen molar-refractivity contribution in [1.82, 2.24) is 25.2 Å². The van der Waals surface area contributed by atoms with Crippen LogP contribution in [-0.4, -0.2) is 32.3 Å². The number of pyridine rings is 1. The second-order valence-electron chi connectivity index (χ2n) is 6.24. The highest BCUT2D eigenvalue weighted by molar-refractivity contribution is 5.72. The molecule has 1 aliphatic rings. The van der Waals surface area contributed by atoms with Crippen LogP contribution in [0.25, 0.3) is 0 Å². The molecule has 0 radical (unpaired) electrons. The molecule has 24 heavy (non-hydrogen) atoms. The molecule has 0 aliphatic carbocycles. The lowest BCUT2D eigenvalue weighted by Crippen LogP contribution is -2.25. The molecule has 1 N–H and O–H groups in total. The maximum atomic E-state index is 11.1. The van der Waals surface area contributed by atoms with E-state index in [0.29, 0.717) is 6.54 Å². The van der Waals surface area contributed by atoms with Crippen LogP contribution in [0.1, 0.15) is 48.5 Å². The van der Waals surface area contributed by atoms with Crippen LogP contribution in [0.5, 0.6) is 0 Å². The van der Waals surface area contributed by atoms with Gasteiger partial charge in [0.2, 0.25) is 5.91 Å². The van der Waals surface area contributed by atoms with Crippen molar-refractivity contribution in [3.05, 3.63) is 53.4 Å². The van der Waals surface area contributed by atoms with E-state index in [2.05, 4.69) is 33.2 Å². The number of carbonyl (C=O) groups is 1. The number of aromatic nitrogens is 3. The van der Waals surface area contributed by atoms with Gasteiger partial charge in [0.15, 0.2) is 0 Å². The molecule has 3 heterocycles. The van der Waals surface area contributed by atoms with E-state index in [1.807, 2.05) is 18.5 Å². The fourth-order valence-corrected chi connectivity index (χ4v) is 3.11. The molecule has 0 spiro atoms. The highest BCUT2D eigenvalue weighted by Gasteiger charge is 2.28. The van der Waals surface area contributed by atoms with Gasteiger partial charge in [0, 0.05) is 19.7 Å². The van der Waals surface area contributed by atoms with Crippen molar-refractivity contribution >= 4 is 5.91 Å². The monoisotopic (exact) mass is 325 g/mol. The molecule has 0 unspecified atom stereocenters. The van der Waals surface area contributed by atoms with Gasteiger partial charge in [0.05, 0.1) is 42.1 Å². The van der Waals surface area contributed by atoms with Crippen molar-refractivity contribution < 1.29 is 4.79 Å². The first kappa shape index (κ1) is 16.5. The Bertz CT molecular complexity index is 718. The van der Waals surface area contributed by atoms with Crippen molar-refractivity contribution in [3.63, 3.8) is 0 Å². The number of hydrogen-bond donors (Lipinski definition) is 1. The van der Waals surface area contributed by atoms with Crippen LogP contribution in [0, 0.1) is 6.92 Å². The predicted molar refractivity (Wildman–Crippen MR) is 90.9 cm³/mol. The standard InChI is InChI=1S/C18H23N5O/c1-13-5-3-7-20-17(13)12-23-8-4-6-18(23)16-11-19-9-15(22-16)10-21-14(2)24/h3,5,7,9,11,18H,4,6,8,10,12H2,1-2H3,(H,21,24)/t18-/m1/s1. The van der Waals surface area contributed by atoms with Crippen molar-refractivity contribution in [3.8, 4) is 0 Å². The van der Waals surface area contributed by atoms with E-state index in [1.165, 1.54) is 12.5 Å². The summed E-state index contributed by atoms with van der Waals surface area (Å²) in [5, 5.41) is 2.77. The van der Waals surface area contributed by atoms with Crippen LogP contribution < -0.4 is 5.32 Å². The number of amides is 1. The lowest BCUT2D eigenvalue weighted by Gasteiger charge is -2.24. The van der Waals surface area contributed by atoms with Crippen LogP contribution in [-0.2, 0) is 17.9 Å². The number of aryl methyl sites for hydroxylation is 1. The predicted octanol–water partition coefficient (Wildman–Crippen LogP) is 2.15. The molecule has 1 aliphatic heterocycles. The molecule has 126 valence electrons. The highest BCUT2D eigenvalue weighted by atomic mass is 16.1. The van der Waals surface area contributed by atoms with E-state index in [0.717, 1.165) is 43.0 Å².